The molecule has 0 radical (unpaired) electrons. The van der Waals surface area contributed by atoms with Gasteiger partial charge in [0.2, 0.25) is 0 Å². The zero-order chi connectivity index (χ0) is 8.36. The molecule has 0 aliphatic carbocycles. The molecular weight excluding hydrogens is 196 g/mol. The summed E-state index contributed by atoms with van der Waals surface area (Å²) >= 11 is 3.48. The van der Waals surface area contributed by atoms with Gasteiger partial charge in [0.05, 0.1) is 0 Å². The molecule has 0 aliphatic heterocycles. The summed E-state index contributed by atoms with van der Waals surface area (Å²) in [5.74, 6) is -2.08. The first-order valence-electron chi connectivity index (χ1n) is 2.09. The Labute approximate surface area is 62.1 Å². The van der Waals surface area contributed by atoms with Gasteiger partial charge in [0.1, 0.15) is 0 Å². The molecule has 0 atom stereocenters. The topological polar surface area (TPSA) is 34.1 Å². The van der Waals surface area contributed by atoms with Crippen molar-refractivity contribution in [2.45, 2.75) is 12.6 Å². The van der Waals surface area contributed by atoms with E-state index in [0.29, 0.717) is 0 Å². The molecule has 0 aromatic heterocycles. The van der Waals surface area contributed by atoms with Crippen molar-refractivity contribution in [3.8, 4) is 0 Å². The molecule has 0 unspecified atom stereocenters. The fourth-order valence-corrected chi connectivity index (χ4v) is 0.375. The number of alkyl halides is 3. The minimum atomic E-state index is -4.93. The van der Waals surface area contributed by atoms with Crippen LogP contribution in [-0.4, -0.2) is 16.7 Å². The maximum absolute atomic E-state index is 11.3. The molecule has 0 saturated heterocycles. The summed E-state index contributed by atoms with van der Waals surface area (Å²) in [4.78, 5) is 19.7. The first-order valence-corrected chi connectivity index (χ1v) is 2.58. The maximum atomic E-state index is 11.3. The summed E-state index contributed by atoms with van der Waals surface area (Å²) in [5, 5.41) is 0. The molecule has 0 rings (SSSR count). The summed E-state index contributed by atoms with van der Waals surface area (Å²) in [6.07, 6.45) is -6.15. The molecule has 0 bridgehead atoms. The first kappa shape index (κ1) is 9.62. The second-order valence-corrected chi connectivity index (χ2v) is 1.97. The van der Waals surface area contributed by atoms with Gasteiger partial charge in [-0.3, -0.25) is 0 Å². The fraction of sp³-hybridized carbons (Fsp3) is 0.500. The molecule has 0 aliphatic rings. The zero-order valence-electron chi connectivity index (χ0n) is 4.47. The number of ketones is 1. The van der Waals surface area contributed by atoms with Crippen LogP contribution in [0.1, 0.15) is 6.42 Å². The van der Waals surface area contributed by atoms with Gasteiger partial charge in [0.15, 0.2) is 0 Å². The molecule has 0 amide bonds. The molecule has 0 aromatic rings. The fourth-order valence-electron chi connectivity index (χ4n) is 0.217. The predicted octanol–water partition coefficient (Wildman–Crippen LogP) is 0.581. The summed E-state index contributed by atoms with van der Waals surface area (Å²) in [7, 11) is 0. The van der Waals surface area contributed by atoms with Gasteiger partial charge in [0.25, 0.3) is 0 Å². The number of rotatable bonds is 2. The van der Waals surface area contributed by atoms with Gasteiger partial charge in [0, 0.05) is 0 Å². The van der Waals surface area contributed by atoms with Crippen molar-refractivity contribution in [3.05, 3.63) is 0 Å². The van der Waals surface area contributed by atoms with E-state index in [1.54, 1.807) is 0 Å². The van der Waals surface area contributed by atoms with Crippen LogP contribution in [0.3, 0.4) is 0 Å². The van der Waals surface area contributed by atoms with Gasteiger partial charge < -0.3 is 0 Å². The standard InChI is InChI=1S/C4H2F3O2.Ni/c5-4(6,7)3(9)1-2-8;/h1H2;. The van der Waals surface area contributed by atoms with Crippen molar-refractivity contribution in [1.29, 1.82) is 0 Å². The Morgan fingerprint density at radius 1 is 1.30 bits per heavy atom. The molecule has 0 saturated carbocycles. The SMILES string of the molecule is O=[C]([Ni])CC(=O)C(F)(F)F. The summed E-state index contributed by atoms with van der Waals surface area (Å²) < 4.78 is 32.6. The van der Waals surface area contributed by atoms with E-state index in [1.807, 2.05) is 0 Å². The Bertz CT molecular complexity index is 162. The third-order valence-corrected chi connectivity index (χ3v) is 0.779. The van der Waals surface area contributed by atoms with E-state index in [0.717, 1.165) is 0 Å². The molecule has 10 heavy (non-hydrogen) atoms. The van der Waals surface area contributed by atoms with Crippen LogP contribution in [-0.2, 0) is 25.1 Å². The summed E-state index contributed by atoms with van der Waals surface area (Å²) in [6, 6.07) is 0. The number of carbonyl (C=O) groups is 2. The van der Waals surface area contributed by atoms with E-state index in [4.69, 9.17) is 0 Å². The van der Waals surface area contributed by atoms with Crippen LogP contribution in [0.15, 0.2) is 0 Å². The third-order valence-electron chi connectivity index (χ3n) is 0.605. The Hall–Kier alpha value is -0.376. The van der Waals surface area contributed by atoms with Crippen molar-refractivity contribution in [2.24, 2.45) is 0 Å². The Morgan fingerprint density at radius 3 is 1.80 bits per heavy atom. The predicted molar refractivity (Wildman–Crippen MR) is 20.7 cm³/mol. The normalized spacial score (nSPS) is 11.3. The van der Waals surface area contributed by atoms with Gasteiger partial charge in [-0.2, -0.15) is 0 Å². The van der Waals surface area contributed by atoms with Crippen LogP contribution < -0.4 is 0 Å². The Morgan fingerprint density at radius 2 is 1.70 bits per heavy atom. The van der Waals surface area contributed by atoms with Crippen LogP contribution in [0, 0.1) is 0 Å². The van der Waals surface area contributed by atoms with Crippen molar-refractivity contribution in [3.63, 3.8) is 0 Å². The quantitative estimate of drug-likeness (QED) is 0.480. The molecule has 6 heteroatoms. The van der Waals surface area contributed by atoms with Gasteiger partial charge in [-0.15, -0.1) is 0 Å². The van der Waals surface area contributed by atoms with Crippen LogP contribution in [0.5, 0.6) is 0 Å². The van der Waals surface area contributed by atoms with E-state index in [2.05, 4.69) is 15.5 Å². The molecule has 0 fully saturated rings. The van der Waals surface area contributed by atoms with Crippen LogP contribution >= 0.6 is 0 Å². The number of hydrogen-bond donors (Lipinski definition) is 0. The van der Waals surface area contributed by atoms with E-state index in [1.165, 1.54) is 0 Å². The Balaban J connectivity index is 3.99. The first-order chi connectivity index (χ1) is 4.34. The summed E-state index contributed by atoms with van der Waals surface area (Å²) in [5.41, 5.74) is 0. The van der Waals surface area contributed by atoms with Crippen molar-refractivity contribution >= 4 is 10.5 Å². The third kappa shape index (κ3) is 3.61. The van der Waals surface area contributed by atoms with Gasteiger partial charge in [-0.25, -0.2) is 0 Å². The van der Waals surface area contributed by atoms with Gasteiger partial charge >= 0.3 is 61.4 Å². The minimum absolute atomic E-state index is 1.15. The van der Waals surface area contributed by atoms with Crippen molar-refractivity contribution in [2.75, 3.05) is 0 Å². The van der Waals surface area contributed by atoms with E-state index >= 15 is 0 Å². The van der Waals surface area contributed by atoms with E-state index in [9.17, 15) is 22.8 Å². The molecule has 0 aromatic carbocycles. The Kier molecular flexibility index (Phi) is 3.03. The van der Waals surface area contributed by atoms with Crippen LogP contribution in [0.2, 0.25) is 0 Å². The molecule has 0 N–H and O–H groups in total. The summed E-state index contributed by atoms with van der Waals surface area (Å²) in [6.45, 7) is 0. The zero-order valence-corrected chi connectivity index (χ0v) is 5.46. The van der Waals surface area contributed by atoms with Crippen molar-refractivity contribution in [1.82, 2.24) is 0 Å². The van der Waals surface area contributed by atoms with Gasteiger partial charge in [-0.05, 0) is 0 Å². The average molecular weight is 198 g/mol. The average Bonchev–Trinajstić information content (AvgIpc) is 1.60. The molecular formula is C4H2F3NiO2. The van der Waals surface area contributed by atoms with E-state index < -0.39 is 23.1 Å². The second-order valence-electron chi connectivity index (χ2n) is 1.42. The molecule has 0 spiro atoms. The monoisotopic (exact) mass is 197 g/mol. The number of halogens is 3. The number of hydrogen-bond acceptors (Lipinski definition) is 2. The number of Topliss-reactive ketones (excluding diaryl/α,β-unsaturated/α-hetero) is 1. The van der Waals surface area contributed by atoms with E-state index in [-0.39, 0.29) is 0 Å². The molecule has 61 valence electrons. The number of carbonyl (C=O) groups excluding carboxylic acids is 2. The molecule has 2 nitrogen and oxygen atoms in total. The van der Waals surface area contributed by atoms with Gasteiger partial charge in [-0.1, -0.05) is 0 Å². The van der Waals surface area contributed by atoms with Crippen LogP contribution in [0.4, 0.5) is 13.2 Å². The van der Waals surface area contributed by atoms with Crippen LogP contribution in [0.25, 0.3) is 0 Å². The second kappa shape index (κ2) is 3.15. The van der Waals surface area contributed by atoms with Crippen molar-refractivity contribution < 1.29 is 38.2 Å². The molecule has 0 heterocycles.